The van der Waals surface area contributed by atoms with E-state index >= 15 is 0 Å². The molecule has 1 amide bonds. The second-order valence-electron chi connectivity index (χ2n) is 7.18. The van der Waals surface area contributed by atoms with Crippen molar-refractivity contribution in [3.05, 3.63) is 53.1 Å². The molecule has 1 aromatic heterocycles. The predicted octanol–water partition coefficient (Wildman–Crippen LogP) is 4.75. The molecule has 1 aliphatic rings. The van der Waals surface area contributed by atoms with Gasteiger partial charge in [-0.05, 0) is 56.0 Å². The summed E-state index contributed by atoms with van der Waals surface area (Å²) in [6.45, 7) is 5.40. The number of thiazole rings is 1. The number of carbonyl (C=O) groups excluding carboxylic acids is 1. The number of para-hydroxylation sites is 1. The van der Waals surface area contributed by atoms with Gasteiger partial charge in [-0.2, -0.15) is 0 Å². The Kier molecular flexibility index (Phi) is 5.33. The van der Waals surface area contributed by atoms with Crippen molar-refractivity contribution in [3.63, 3.8) is 0 Å². The van der Waals surface area contributed by atoms with Crippen molar-refractivity contribution in [3.8, 4) is 5.75 Å². The number of fused-ring (bicyclic) bond motifs is 1. The largest absolute Gasteiger partial charge is 0.496 e. The van der Waals surface area contributed by atoms with Crippen LogP contribution in [0, 0.1) is 13.8 Å². The first-order valence-electron chi connectivity index (χ1n) is 9.51. The standard InChI is InChI=1S/C22H24N2O3S/c1-14-11-15(2)20-18(12-14)23-22(28-20)24(13-16-7-6-10-27-16)21(25)17-8-4-5-9-19(17)26-3/h4-5,8-9,11-12,16H,6-7,10,13H2,1-3H3. The van der Waals surface area contributed by atoms with E-state index in [0.717, 1.165) is 29.7 Å². The smallest absolute Gasteiger partial charge is 0.263 e. The van der Waals surface area contributed by atoms with Crippen LogP contribution in [0.4, 0.5) is 5.13 Å². The Balaban J connectivity index is 1.77. The number of hydrogen-bond acceptors (Lipinski definition) is 5. The van der Waals surface area contributed by atoms with Crippen LogP contribution in [0.3, 0.4) is 0 Å². The molecule has 1 saturated heterocycles. The van der Waals surface area contributed by atoms with E-state index in [2.05, 4.69) is 26.0 Å². The van der Waals surface area contributed by atoms with E-state index in [0.29, 0.717) is 23.0 Å². The fraction of sp³-hybridized carbons (Fsp3) is 0.364. The third-order valence-electron chi connectivity index (χ3n) is 5.03. The minimum absolute atomic E-state index is 0.0357. The lowest BCUT2D eigenvalue weighted by Gasteiger charge is -2.23. The normalized spacial score (nSPS) is 16.5. The number of carbonyl (C=O) groups is 1. The third-order valence-corrected chi connectivity index (χ3v) is 6.26. The number of methoxy groups -OCH3 is 1. The highest BCUT2D eigenvalue weighted by atomic mass is 32.1. The topological polar surface area (TPSA) is 51.7 Å². The zero-order chi connectivity index (χ0) is 19.7. The number of nitrogens with zero attached hydrogens (tertiary/aromatic N) is 2. The fourth-order valence-electron chi connectivity index (χ4n) is 3.69. The molecule has 3 aromatic rings. The van der Waals surface area contributed by atoms with Gasteiger partial charge in [0.1, 0.15) is 5.75 Å². The molecule has 1 atom stereocenters. The number of benzene rings is 2. The van der Waals surface area contributed by atoms with Gasteiger partial charge >= 0.3 is 0 Å². The van der Waals surface area contributed by atoms with Gasteiger partial charge in [0.05, 0.1) is 35.5 Å². The molecule has 0 spiro atoms. The molecule has 0 N–H and O–H groups in total. The summed E-state index contributed by atoms with van der Waals surface area (Å²) < 4.78 is 12.4. The third kappa shape index (κ3) is 3.62. The zero-order valence-corrected chi connectivity index (χ0v) is 17.2. The van der Waals surface area contributed by atoms with Gasteiger partial charge in [0.2, 0.25) is 0 Å². The van der Waals surface area contributed by atoms with Gasteiger partial charge in [-0.3, -0.25) is 9.69 Å². The van der Waals surface area contributed by atoms with Gasteiger partial charge in [0.15, 0.2) is 5.13 Å². The molecule has 146 valence electrons. The minimum atomic E-state index is -0.110. The maximum absolute atomic E-state index is 13.5. The van der Waals surface area contributed by atoms with E-state index in [1.807, 2.05) is 18.2 Å². The van der Waals surface area contributed by atoms with Crippen molar-refractivity contribution in [2.75, 3.05) is 25.2 Å². The Labute approximate surface area is 168 Å². The number of amides is 1. The van der Waals surface area contributed by atoms with Crippen molar-refractivity contribution < 1.29 is 14.3 Å². The van der Waals surface area contributed by atoms with E-state index < -0.39 is 0 Å². The first kappa shape index (κ1) is 18.9. The van der Waals surface area contributed by atoms with Crippen molar-refractivity contribution in [2.45, 2.75) is 32.8 Å². The summed E-state index contributed by atoms with van der Waals surface area (Å²) in [5.41, 5.74) is 3.82. The number of anilines is 1. The SMILES string of the molecule is COc1ccccc1C(=O)N(CC1CCCO1)c1nc2cc(C)cc(C)c2s1. The molecule has 5 nitrogen and oxygen atoms in total. The first-order chi connectivity index (χ1) is 13.6. The molecule has 0 radical (unpaired) electrons. The van der Waals surface area contributed by atoms with Crippen LogP contribution in [0.1, 0.15) is 34.3 Å². The number of ether oxygens (including phenoxy) is 2. The second-order valence-corrected chi connectivity index (χ2v) is 8.16. The Bertz CT molecular complexity index is 1010. The number of aromatic nitrogens is 1. The van der Waals surface area contributed by atoms with Crippen LogP contribution in [0.25, 0.3) is 10.2 Å². The van der Waals surface area contributed by atoms with E-state index in [9.17, 15) is 4.79 Å². The summed E-state index contributed by atoms with van der Waals surface area (Å²) in [5.74, 6) is 0.458. The summed E-state index contributed by atoms with van der Waals surface area (Å²) in [6, 6.07) is 11.5. The molecule has 0 bridgehead atoms. The van der Waals surface area contributed by atoms with Crippen LogP contribution in [0.5, 0.6) is 5.75 Å². The number of aryl methyl sites for hydroxylation is 2. The summed E-state index contributed by atoms with van der Waals surface area (Å²) in [7, 11) is 1.58. The highest BCUT2D eigenvalue weighted by molar-refractivity contribution is 7.22. The number of rotatable bonds is 5. The van der Waals surface area contributed by atoms with Crippen molar-refractivity contribution in [2.24, 2.45) is 0 Å². The highest BCUT2D eigenvalue weighted by Gasteiger charge is 2.28. The first-order valence-corrected chi connectivity index (χ1v) is 10.3. The van der Waals surface area contributed by atoms with Crippen LogP contribution in [-0.4, -0.2) is 37.3 Å². The molecule has 0 saturated carbocycles. The van der Waals surface area contributed by atoms with Gasteiger partial charge in [-0.15, -0.1) is 0 Å². The van der Waals surface area contributed by atoms with E-state index in [-0.39, 0.29) is 12.0 Å². The maximum Gasteiger partial charge on any atom is 0.263 e. The molecule has 1 unspecified atom stereocenters. The Morgan fingerprint density at radius 1 is 1.32 bits per heavy atom. The van der Waals surface area contributed by atoms with E-state index in [1.165, 1.54) is 11.1 Å². The molecule has 2 heterocycles. The average Bonchev–Trinajstić information content (AvgIpc) is 3.35. The lowest BCUT2D eigenvalue weighted by Crippen LogP contribution is -2.37. The summed E-state index contributed by atoms with van der Waals surface area (Å²) in [5, 5.41) is 0.704. The van der Waals surface area contributed by atoms with Crippen LogP contribution >= 0.6 is 11.3 Å². The van der Waals surface area contributed by atoms with Crippen molar-refractivity contribution in [1.29, 1.82) is 0 Å². The van der Waals surface area contributed by atoms with Crippen molar-refractivity contribution >= 4 is 32.6 Å². The van der Waals surface area contributed by atoms with Crippen LogP contribution in [0.15, 0.2) is 36.4 Å². The molecule has 0 aliphatic carbocycles. The molecule has 4 rings (SSSR count). The average molecular weight is 397 g/mol. The van der Waals surface area contributed by atoms with Crippen molar-refractivity contribution in [1.82, 2.24) is 4.98 Å². The Hall–Kier alpha value is -2.44. The van der Waals surface area contributed by atoms with Gasteiger partial charge < -0.3 is 9.47 Å². The maximum atomic E-state index is 13.5. The number of hydrogen-bond donors (Lipinski definition) is 0. The van der Waals surface area contributed by atoms with Gasteiger partial charge in [0, 0.05) is 6.61 Å². The summed E-state index contributed by atoms with van der Waals surface area (Å²) >= 11 is 1.56. The Morgan fingerprint density at radius 3 is 2.89 bits per heavy atom. The summed E-state index contributed by atoms with van der Waals surface area (Å²) in [4.78, 5) is 20.1. The molecule has 1 aliphatic heterocycles. The minimum Gasteiger partial charge on any atom is -0.496 e. The highest BCUT2D eigenvalue weighted by Crippen LogP contribution is 2.34. The van der Waals surface area contributed by atoms with Crippen LogP contribution in [-0.2, 0) is 4.74 Å². The van der Waals surface area contributed by atoms with E-state index in [4.69, 9.17) is 14.5 Å². The molecule has 6 heteroatoms. The lowest BCUT2D eigenvalue weighted by atomic mass is 10.1. The summed E-state index contributed by atoms with van der Waals surface area (Å²) in [6.07, 6.45) is 2.02. The van der Waals surface area contributed by atoms with Crippen LogP contribution in [0.2, 0.25) is 0 Å². The van der Waals surface area contributed by atoms with Gasteiger partial charge in [-0.25, -0.2) is 4.98 Å². The second kappa shape index (κ2) is 7.89. The lowest BCUT2D eigenvalue weighted by molar-refractivity contribution is 0.0915. The molecule has 2 aromatic carbocycles. The molecule has 28 heavy (non-hydrogen) atoms. The monoisotopic (exact) mass is 396 g/mol. The zero-order valence-electron chi connectivity index (χ0n) is 16.4. The van der Waals surface area contributed by atoms with Gasteiger partial charge in [-0.1, -0.05) is 29.5 Å². The predicted molar refractivity (Wildman–Crippen MR) is 113 cm³/mol. The van der Waals surface area contributed by atoms with E-state index in [1.54, 1.807) is 29.4 Å². The quantitative estimate of drug-likeness (QED) is 0.625. The Morgan fingerprint density at radius 2 is 2.14 bits per heavy atom. The fourth-order valence-corrected chi connectivity index (χ4v) is 4.71. The molecule has 1 fully saturated rings. The molecular formula is C22H24N2O3S. The molecular weight excluding hydrogens is 372 g/mol. The van der Waals surface area contributed by atoms with Gasteiger partial charge in [0.25, 0.3) is 5.91 Å². The van der Waals surface area contributed by atoms with Crippen LogP contribution < -0.4 is 9.64 Å².